The van der Waals surface area contributed by atoms with Crippen molar-refractivity contribution in [3.63, 3.8) is 0 Å². The Morgan fingerprint density at radius 3 is 2.64 bits per heavy atom. The number of hydrogen-bond acceptors (Lipinski definition) is 6. The predicted molar refractivity (Wildman–Crippen MR) is 84.4 cm³/mol. The Labute approximate surface area is 128 Å². The summed E-state index contributed by atoms with van der Waals surface area (Å²) in [5, 5.41) is 6.52. The van der Waals surface area contributed by atoms with Gasteiger partial charge in [0.05, 0.1) is 12.2 Å². The number of nitrogens with zero attached hydrogens (tertiary/aromatic N) is 2. The van der Waals surface area contributed by atoms with Gasteiger partial charge in [-0.05, 0) is 44.0 Å². The molecule has 0 bridgehead atoms. The van der Waals surface area contributed by atoms with E-state index in [1.165, 1.54) is 19.2 Å². The minimum atomic E-state index is -0.313. The third kappa shape index (κ3) is 3.72. The van der Waals surface area contributed by atoms with Gasteiger partial charge in [0.25, 0.3) is 0 Å². The van der Waals surface area contributed by atoms with Crippen molar-refractivity contribution < 1.29 is 9.53 Å². The minimum Gasteiger partial charge on any atom is -0.462 e. The summed E-state index contributed by atoms with van der Waals surface area (Å²) in [4.78, 5) is 20.0. The Morgan fingerprint density at radius 2 is 1.95 bits per heavy atom. The molecule has 2 aromatic rings. The largest absolute Gasteiger partial charge is 0.462 e. The van der Waals surface area contributed by atoms with Gasteiger partial charge in [0, 0.05) is 17.8 Å². The van der Waals surface area contributed by atoms with Crippen LogP contribution in [0.3, 0.4) is 0 Å². The van der Waals surface area contributed by atoms with Crippen molar-refractivity contribution in [3.05, 3.63) is 42.2 Å². The summed E-state index contributed by atoms with van der Waals surface area (Å²) in [6.45, 7) is 2.16. The Morgan fingerprint density at radius 1 is 1.23 bits per heavy atom. The van der Waals surface area contributed by atoms with Gasteiger partial charge in [0.2, 0.25) is 0 Å². The van der Waals surface area contributed by atoms with E-state index in [4.69, 9.17) is 4.74 Å². The molecule has 1 heterocycles. The zero-order valence-corrected chi connectivity index (χ0v) is 12.4. The molecule has 6 heteroatoms. The van der Waals surface area contributed by atoms with E-state index in [9.17, 15) is 4.79 Å². The summed E-state index contributed by atoms with van der Waals surface area (Å²) in [7, 11) is 0. The fourth-order valence-corrected chi connectivity index (χ4v) is 1.99. The number of anilines is 3. The Balaban J connectivity index is 1.66. The van der Waals surface area contributed by atoms with E-state index in [0.717, 1.165) is 11.5 Å². The molecule has 1 aliphatic carbocycles. The van der Waals surface area contributed by atoms with E-state index in [1.807, 2.05) is 18.2 Å². The first-order chi connectivity index (χ1) is 10.7. The molecule has 1 aromatic heterocycles. The highest BCUT2D eigenvalue weighted by Gasteiger charge is 2.21. The molecule has 0 saturated heterocycles. The van der Waals surface area contributed by atoms with Gasteiger partial charge in [0.15, 0.2) is 0 Å². The van der Waals surface area contributed by atoms with E-state index >= 15 is 0 Å². The summed E-state index contributed by atoms with van der Waals surface area (Å²) < 4.78 is 4.96. The SMILES string of the molecule is CCOC(=O)c1ccc(Nc2cc(NC3CC3)ncn2)cc1. The summed E-state index contributed by atoms with van der Waals surface area (Å²) in [6.07, 6.45) is 3.92. The maximum Gasteiger partial charge on any atom is 0.338 e. The maximum absolute atomic E-state index is 11.6. The van der Waals surface area contributed by atoms with Crippen molar-refractivity contribution in [1.82, 2.24) is 9.97 Å². The van der Waals surface area contributed by atoms with E-state index in [0.29, 0.717) is 24.0 Å². The average Bonchev–Trinajstić information content (AvgIpc) is 3.32. The van der Waals surface area contributed by atoms with Gasteiger partial charge in [-0.3, -0.25) is 0 Å². The van der Waals surface area contributed by atoms with Crippen molar-refractivity contribution in [3.8, 4) is 0 Å². The number of hydrogen-bond donors (Lipinski definition) is 2. The Bertz CT molecular complexity index is 653. The van der Waals surface area contributed by atoms with Gasteiger partial charge in [0.1, 0.15) is 18.0 Å². The topological polar surface area (TPSA) is 76.1 Å². The molecule has 114 valence electrons. The molecular formula is C16H18N4O2. The molecule has 0 amide bonds. The van der Waals surface area contributed by atoms with Gasteiger partial charge >= 0.3 is 5.97 Å². The standard InChI is InChI=1S/C16H18N4O2/c1-2-22-16(21)11-3-5-12(6-4-11)19-14-9-15(18-10-17-14)20-13-7-8-13/h3-6,9-10,13H,2,7-8H2,1H3,(H2,17,18,19,20). The van der Waals surface area contributed by atoms with Gasteiger partial charge in [-0.1, -0.05) is 0 Å². The minimum absolute atomic E-state index is 0.313. The van der Waals surface area contributed by atoms with Crippen molar-refractivity contribution in [2.24, 2.45) is 0 Å². The average molecular weight is 298 g/mol. The van der Waals surface area contributed by atoms with Crippen LogP contribution >= 0.6 is 0 Å². The highest BCUT2D eigenvalue weighted by molar-refractivity contribution is 5.89. The van der Waals surface area contributed by atoms with Crippen LogP contribution in [0.2, 0.25) is 0 Å². The third-order valence-electron chi connectivity index (χ3n) is 3.26. The van der Waals surface area contributed by atoms with E-state index in [-0.39, 0.29) is 5.97 Å². The molecule has 0 spiro atoms. The van der Waals surface area contributed by atoms with Gasteiger partial charge < -0.3 is 15.4 Å². The summed E-state index contributed by atoms with van der Waals surface area (Å²) in [6, 6.07) is 9.52. The number of aromatic nitrogens is 2. The van der Waals surface area contributed by atoms with Crippen molar-refractivity contribution in [1.29, 1.82) is 0 Å². The second-order valence-electron chi connectivity index (χ2n) is 5.13. The molecule has 0 unspecified atom stereocenters. The van der Waals surface area contributed by atoms with Crippen LogP contribution in [0.4, 0.5) is 17.3 Å². The quantitative estimate of drug-likeness (QED) is 0.798. The molecule has 6 nitrogen and oxygen atoms in total. The third-order valence-corrected chi connectivity index (χ3v) is 3.26. The fraction of sp³-hybridized carbons (Fsp3) is 0.312. The zero-order chi connectivity index (χ0) is 15.4. The molecule has 1 aliphatic rings. The van der Waals surface area contributed by atoms with Crippen LogP contribution in [0.1, 0.15) is 30.1 Å². The van der Waals surface area contributed by atoms with Crippen LogP contribution in [-0.4, -0.2) is 28.6 Å². The van der Waals surface area contributed by atoms with Crippen molar-refractivity contribution in [2.45, 2.75) is 25.8 Å². The van der Waals surface area contributed by atoms with Gasteiger partial charge in [-0.25, -0.2) is 14.8 Å². The van der Waals surface area contributed by atoms with Crippen molar-refractivity contribution in [2.75, 3.05) is 17.2 Å². The monoisotopic (exact) mass is 298 g/mol. The number of esters is 1. The van der Waals surface area contributed by atoms with Gasteiger partial charge in [-0.2, -0.15) is 0 Å². The lowest BCUT2D eigenvalue weighted by atomic mass is 10.2. The molecular weight excluding hydrogens is 280 g/mol. The maximum atomic E-state index is 11.6. The number of carbonyl (C=O) groups excluding carboxylic acids is 1. The second kappa shape index (κ2) is 6.43. The first-order valence-corrected chi connectivity index (χ1v) is 7.37. The highest BCUT2D eigenvalue weighted by Crippen LogP contribution is 2.24. The Hall–Kier alpha value is -2.63. The van der Waals surface area contributed by atoms with Gasteiger partial charge in [-0.15, -0.1) is 0 Å². The van der Waals surface area contributed by atoms with Crippen LogP contribution in [0, 0.1) is 0 Å². The first-order valence-electron chi connectivity index (χ1n) is 7.37. The van der Waals surface area contributed by atoms with Crippen LogP contribution in [0.25, 0.3) is 0 Å². The molecule has 3 rings (SSSR count). The van der Waals surface area contributed by atoms with Crippen molar-refractivity contribution >= 4 is 23.3 Å². The number of nitrogens with one attached hydrogen (secondary N) is 2. The zero-order valence-electron chi connectivity index (χ0n) is 12.4. The lowest BCUT2D eigenvalue weighted by Crippen LogP contribution is -2.05. The first kappa shape index (κ1) is 14.3. The molecule has 1 fully saturated rings. The second-order valence-corrected chi connectivity index (χ2v) is 5.13. The van der Waals surface area contributed by atoms with Crippen LogP contribution in [0.5, 0.6) is 0 Å². The molecule has 2 N–H and O–H groups in total. The highest BCUT2D eigenvalue weighted by atomic mass is 16.5. The molecule has 22 heavy (non-hydrogen) atoms. The molecule has 1 aromatic carbocycles. The lowest BCUT2D eigenvalue weighted by Gasteiger charge is -2.08. The number of benzene rings is 1. The van der Waals surface area contributed by atoms with E-state index in [2.05, 4.69) is 20.6 Å². The number of rotatable bonds is 6. The lowest BCUT2D eigenvalue weighted by molar-refractivity contribution is 0.0526. The summed E-state index contributed by atoms with van der Waals surface area (Å²) in [5.41, 5.74) is 1.38. The Kier molecular flexibility index (Phi) is 4.18. The summed E-state index contributed by atoms with van der Waals surface area (Å²) >= 11 is 0. The molecule has 0 atom stereocenters. The molecule has 0 radical (unpaired) electrons. The molecule has 1 saturated carbocycles. The fourth-order valence-electron chi connectivity index (χ4n) is 1.99. The van der Waals surface area contributed by atoms with Crippen LogP contribution in [0.15, 0.2) is 36.7 Å². The number of ether oxygens (including phenoxy) is 1. The van der Waals surface area contributed by atoms with E-state index in [1.54, 1.807) is 19.1 Å². The van der Waals surface area contributed by atoms with Crippen LogP contribution < -0.4 is 10.6 Å². The van der Waals surface area contributed by atoms with E-state index < -0.39 is 0 Å². The predicted octanol–water partition coefficient (Wildman–Crippen LogP) is 2.97. The van der Waals surface area contributed by atoms with Crippen LogP contribution in [-0.2, 0) is 4.74 Å². The number of carbonyl (C=O) groups is 1. The molecule has 0 aliphatic heterocycles. The normalized spacial score (nSPS) is 13.5. The summed E-state index contributed by atoms with van der Waals surface area (Å²) in [5.74, 6) is 1.22. The smallest absolute Gasteiger partial charge is 0.338 e.